The van der Waals surface area contributed by atoms with E-state index in [9.17, 15) is 24.5 Å². The van der Waals surface area contributed by atoms with Gasteiger partial charge in [0.25, 0.3) is 17.5 Å². The van der Waals surface area contributed by atoms with Crippen LogP contribution < -0.4 is 16.0 Å². The molecule has 0 atom stereocenters. The third-order valence-electron chi connectivity index (χ3n) is 5.59. The Morgan fingerprint density at radius 1 is 0.810 bits per heavy atom. The summed E-state index contributed by atoms with van der Waals surface area (Å²) < 4.78 is 0. The quantitative estimate of drug-likeness (QED) is 0.0754. The Morgan fingerprint density at radius 3 is 2.12 bits per heavy atom. The second-order valence-electron chi connectivity index (χ2n) is 8.67. The smallest absolute Gasteiger partial charge is 0.276 e. The van der Waals surface area contributed by atoms with Crippen molar-refractivity contribution in [1.82, 2.24) is 5.32 Å². The van der Waals surface area contributed by atoms with E-state index in [1.165, 1.54) is 36.0 Å². The van der Waals surface area contributed by atoms with Crippen molar-refractivity contribution in [2.45, 2.75) is 4.90 Å². The molecular formula is C30H22Cl2N4O5S. The summed E-state index contributed by atoms with van der Waals surface area (Å²) in [6.07, 6.45) is 1.25. The molecule has 3 amide bonds. The first kappa shape index (κ1) is 30.3. The number of rotatable bonds is 10. The lowest BCUT2D eigenvalue weighted by atomic mass is 10.1. The van der Waals surface area contributed by atoms with E-state index in [-0.39, 0.29) is 28.6 Å². The summed E-state index contributed by atoms with van der Waals surface area (Å²) in [6, 6.07) is 25.6. The summed E-state index contributed by atoms with van der Waals surface area (Å²) in [7, 11) is 0. The van der Waals surface area contributed by atoms with Gasteiger partial charge in [0.2, 0.25) is 5.91 Å². The Bertz CT molecular complexity index is 1640. The predicted octanol–water partition coefficient (Wildman–Crippen LogP) is 7.04. The molecule has 0 spiro atoms. The molecule has 212 valence electrons. The minimum absolute atomic E-state index is 0.115. The molecule has 12 heteroatoms. The maximum atomic E-state index is 13.2. The van der Waals surface area contributed by atoms with E-state index in [0.29, 0.717) is 27.0 Å². The third-order valence-corrected chi connectivity index (χ3v) is 7.04. The number of benzene rings is 4. The number of para-hydroxylation sites is 1. The van der Waals surface area contributed by atoms with Gasteiger partial charge in [-0.3, -0.25) is 24.5 Å². The van der Waals surface area contributed by atoms with Gasteiger partial charge < -0.3 is 16.0 Å². The minimum atomic E-state index is -0.683. The van der Waals surface area contributed by atoms with Crippen molar-refractivity contribution >= 4 is 75.8 Å². The molecule has 0 aromatic heterocycles. The highest BCUT2D eigenvalue weighted by molar-refractivity contribution is 8.00. The van der Waals surface area contributed by atoms with Crippen molar-refractivity contribution in [3.8, 4) is 0 Å². The SMILES string of the molecule is O=C(CSc1ccc(NC(=O)/C(=C/c2ccccc2[N+](=O)[O-])NC(=O)c2ccccc2)cc1)Nc1cc(Cl)cc(Cl)c1. The number of amides is 3. The van der Waals surface area contributed by atoms with E-state index < -0.39 is 16.7 Å². The first-order chi connectivity index (χ1) is 20.2. The number of nitrogens with zero attached hydrogens (tertiary/aromatic N) is 1. The molecular weight excluding hydrogens is 599 g/mol. The Kier molecular flexibility index (Phi) is 10.3. The second kappa shape index (κ2) is 14.3. The molecule has 0 unspecified atom stereocenters. The molecule has 42 heavy (non-hydrogen) atoms. The third kappa shape index (κ3) is 8.68. The first-order valence-corrected chi connectivity index (χ1v) is 14.0. The summed E-state index contributed by atoms with van der Waals surface area (Å²) in [4.78, 5) is 50.1. The van der Waals surface area contributed by atoms with Crippen LogP contribution in [-0.2, 0) is 9.59 Å². The molecule has 3 N–H and O–H groups in total. The number of thioether (sulfide) groups is 1. The number of carbonyl (C=O) groups is 3. The van der Waals surface area contributed by atoms with Gasteiger partial charge in [0.1, 0.15) is 5.70 Å². The van der Waals surface area contributed by atoms with Crippen LogP contribution in [0.3, 0.4) is 0 Å². The highest BCUT2D eigenvalue weighted by Gasteiger charge is 2.18. The van der Waals surface area contributed by atoms with E-state index in [4.69, 9.17) is 23.2 Å². The van der Waals surface area contributed by atoms with Gasteiger partial charge in [-0.25, -0.2) is 0 Å². The highest BCUT2D eigenvalue weighted by Crippen LogP contribution is 2.25. The van der Waals surface area contributed by atoms with Crippen LogP contribution >= 0.6 is 35.0 Å². The zero-order chi connectivity index (χ0) is 30.1. The maximum Gasteiger partial charge on any atom is 0.276 e. The molecule has 4 aromatic carbocycles. The van der Waals surface area contributed by atoms with Crippen LogP contribution in [-0.4, -0.2) is 28.4 Å². The van der Waals surface area contributed by atoms with Crippen LogP contribution in [0.1, 0.15) is 15.9 Å². The Balaban J connectivity index is 1.45. The number of nitro groups is 1. The fourth-order valence-electron chi connectivity index (χ4n) is 3.68. The van der Waals surface area contributed by atoms with Crippen LogP contribution in [0.2, 0.25) is 10.0 Å². The largest absolute Gasteiger partial charge is 0.325 e. The number of halogens is 2. The summed E-state index contributed by atoms with van der Waals surface area (Å²) in [5.74, 6) is -1.38. The minimum Gasteiger partial charge on any atom is -0.325 e. The summed E-state index contributed by atoms with van der Waals surface area (Å²) >= 11 is 13.2. The van der Waals surface area contributed by atoms with E-state index in [1.54, 1.807) is 78.9 Å². The van der Waals surface area contributed by atoms with Gasteiger partial charge in [-0.2, -0.15) is 0 Å². The molecule has 0 saturated carbocycles. The number of nitrogens with one attached hydrogen (secondary N) is 3. The van der Waals surface area contributed by atoms with E-state index in [0.717, 1.165) is 4.90 Å². The van der Waals surface area contributed by atoms with Crippen LogP contribution in [0.15, 0.2) is 108 Å². The standard InChI is InChI=1S/C30H22Cl2N4O5S/c31-21-15-22(32)17-24(16-21)33-28(37)18-42-25-12-10-23(11-13-25)34-30(39)26(35-29(38)19-6-2-1-3-7-19)14-20-8-4-5-9-27(20)36(40)41/h1-17H,18H2,(H,33,37)(H,34,39)(H,35,38)/b26-14-. The fourth-order valence-corrected chi connectivity index (χ4v) is 4.90. The zero-order valence-corrected chi connectivity index (χ0v) is 24.0. The van der Waals surface area contributed by atoms with Crippen molar-refractivity contribution in [2.75, 3.05) is 16.4 Å². The van der Waals surface area contributed by atoms with Gasteiger partial charge in [0.05, 0.1) is 16.2 Å². The van der Waals surface area contributed by atoms with Crippen molar-refractivity contribution in [3.05, 3.63) is 134 Å². The molecule has 4 aromatic rings. The van der Waals surface area contributed by atoms with Gasteiger partial charge in [-0.05, 0) is 66.7 Å². The van der Waals surface area contributed by atoms with Crippen LogP contribution in [0.5, 0.6) is 0 Å². The van der Waals surface area contributed by atoms with Crippen molar-refractivity contribution in [1.29, 1.82) is 0 Å². The number of hydrogen-bond acceptors (Lipinski definition) is 6. The number of anilines is 2. The summed E-state index contributed by atoms with van der Waals surface area (Å²) in [5.41, 5.74) is 0.939. The van der Waals surface area contributed by atoms with Gasteiger partial charge >= 0.3 is 0 Å². The summed E-state index contributed by atoms with van der Waals surface area (Å²) in [6.45, 7) is 0. The fraction of sp³-hybridized carbons (Fsp3) is 0.0333. The molecule has 0 bridgehead atoms. The van der Waals surface area contributed by atoms with Crippen LogP contribution in [0.25, 0.3) is 6.08 Å². The van der Waals surface area contributed by atoms with Crippen molar-refractivity contribution in [2.24, 2.45) is 0 Å². The molecule has 0 radical (unpaired) electrons. The molecule has 0 heterocycles. The molecule has 0 fully saturated rings. The van der Waals surface area contributed by atoms with Gasteiger partial charge in [0.15, 0.2) is 0 Å². The van der Waals surface area contributed by atoms with E-state index in [1.807, 2.05) is 0 Å². The highest BCUT2D eigenvalue weighted by atomic mass is 35.5. The van der Waals surface area contributed by atoms with E-state index in [2.05, 4.69) is 16.0 Å². The van der Waals surface area contributed by atoms with Gasteiger partial charge in [0, 0.05) is 37.9 Å². The van der Waals surface area contributed by atoms with Gasteiger partial charge in [-0.15, -0.1) is 11.8 Å². The lowest BCUT2D eigenvalue weighted by molar-refractivity contribution is -0.385. The van der Waals surface area contributed by atoms with Crippen LogP contribution in [0.4, 0.5) is 17.1 Å². The monoisotopic (exact) mass is 620 g/mol. The average Bonchev–Trinajstić information content (AvgIpc) is 2.96. The lowest BCUT2D eigenvalue weighted by Gasteiger charge is -2.12. The van der Waals surface area contributed by atoms with Crippen molar-refractivity contribution < 1.29 is 19.3 Å². The van der Waals surface area contributed by atoms with E-state index >= 15 is 0 Å². The Labute approximate surface area is 255 Å². The number of carbonyl (C=O) groups excluding carboxylic acids is 3. The number of hydrogen-bond donors (Lipinski definition) is 3. The lowest BCUT2D eigenvalue weighted by Crippen LogP contribution is -2.30. The topological polar surface area (TPSA) is 130 Å². The summed E-state index contributed by atoms with van der Waals surface area (Å²) in [5, 5.41) is 20.3. The zero-order valence-electron chi connectivity index (χ0n) is 21.7. The molecule has 0 aliphatic rings. The first-order valence-electron chi connectivity index (χ1n) is 12.3. The molecule has 0 saturated heterocycles. The van der Waals surface area contributed by atoms with Crippen molar-refractivity contribution in [3.63, 3.8) is 0 Å². The Hall–Kier alpha value is -4.64. The average molecular weight is 622 g/mol. The maximum absolute atomic E-state index is 13.2. The molecule has 0 aliphatic carbocycles. The molecule has 4 rings (SSSR count). The predicted molar refractivity (Wildman–Crippen MR) is 166 cm³/mol. The van der Waals surface area contributed by atoms with Crippen LogP contribution in [0, 0.1) is 10.1 Å². The molecule has 0 aliphatic heterocycles. The normalized spacial score (nSPS) is 11.0. The number of nitro benzene ring substituents is 1. The second-order valence-corrected chi connectivity index (χ2v) is 10.6. The Morgan fingerprint density at radius 2 is 1.45 bits per heavy atom. The van der Waals surface area contributed by atoms with Gasteiger partial charge in [-0.1, -0.05) is 53.5 Å². The molecule has 9 nitrogen and oxygen atoms in total.